The third-order valence-electron chi connectivity index (χ3n) is 4.27. The van der Waals surface area contributed by atoms with Crippen molar-refractivity contribution in [3.8, 4) is 5.69 Å². The number of benzene rings is 2. The molecule has 2 aromatic heterocycles. The van der Waals surface area contributed by atoms with Crippen LogP contribution in [-0.2, 0) is 4.79 Å². The van der Waals surface area contributed by atoms with Crippen molar-refractivity contribution < 1.29 is 18.0 Å². The van der Waals surface area contributed by atoms with E-state index >= 15 is 0 Å². The molecule has 0 aliphatic heterocycles. The number of halogens is 3. The predicted octanol–water partition coefficient (Wildman–Crippen LogP) is 4.35. The normalized spacial score (nSPS) is 12.1. The highest BCUT2D eigenvalue weighted by Gasteiger charge is 2.21. The number of para-hydroxylation sites is 1. The lowest BCUT2D eigenvalue weighted by Crippen LogP contribution is -2.23. The van der Waals surface area contributed by atoms with E-state index in [-0.39, 0.29) is 5.82 Å². The van der Waals surface area contributed by atoms with Crippen LogP contribution in [0.2, 0.25) is 0 Å². The molecular formula is C20H14F3N5OS. The number of carbonyl (C=O) groups excluding carboxylic acids is 1. The standard InChI is InChI=1S/C20H14F3N5OS/c1-11(19(29)27-17-15(22)3-2-4-16(17)23)30-20-14-9-26-28(18(14)24-10-25-20)13-7-5-12(21)6-8-13/h2-11H,1H3,(H,27,29). The monoisotopic (exact) mass is 429 g/mol. The van der Waals surface area contributed by atoms with Gasteiger partial charge in [0, 0.05) is 0 Å². The van der Waals surface area contributed by atoms with Crippen molar-refractivity contribution in [2.24, 2.45) is 0 Å². The zero-order chi connectivity index (χ0) is 21.3. The van der Waals surface area contributed by atoms with Gasteiger partial charge in [-0.25, -0.2) is 27.8 Å². The number of hydrogen-bond donors (Lipinski definition) is 1. The zero-order valence-electron chi connectivity index (χ0n) is 15.5. The number of thioether (sulfide) groups is 1. The van der Waals surface area contributed by atoms with Gasteiger partial charge in [0.05, 0.1) is 22.5 Å². The Morgan fingerprint density at radius 1 is 1.07 bits per heavy atom. The SMILES string of the molecule is CC(Sc1ncnc2c1cnn2-c1ccc(F)cc1)C(=O)Nc1c(F)cccc1F. The maximum atomic E-state index is 13.8. The topological polar surface area (TPSA) is 72.7 Å². The van der Waals surface area contributed by atoms with Crippen LogP contribution >= 0.6 is 11.8 Å². The summed E-state index contributed by atoms with van der Waals surface area (Å²) in [5.74, 6) is -2.66. The molecule has 0 saturated carbocycles. The lowest BCUT2D eigenvalue weighted by Gasteiger charge is -2.13. The molecule has 6 nitrogen and oxygen atoms in total. The first-order valence-electron chi connectivity index (χ1n) is 8.80. The highest BCUT2D eigenvalue weighted by molar-refractivity contribution is 8.00. The van der Waals surface area contributed by atoms with Gasteiger partial charge >= 0.3 is 0 Å². The van der Waals surface area contributed by atoms with Gasteiger partial charge in [0.15, 0.2) is 5.65 Å². The van der Waals surface area contributed by atoms with Crippen molar-refractivity contribution in [3.05, 3.63) is 72.4 Å². The van der Waals surface area contributed by atoms with Gasteiger partial charge < -0.3 is 5.32 Å². The fraction of sp³-hybridized carbons (Fsp3) is 0.100. The quantitative estimate of drug-likeness (QED) is 0.377. The summed E-state index contributed by atoms with van der Waals surface area (Å²) in [6.07, 6.45) is 2.87. The van der Waals surface area contributed by atoms with Crippen LogP contribution in [0, 0.1) is 17.5 Å². The number of nitrogens with one attached hydrogen (secondary N) is 1. The Balaban J connectivity index is 1.58. The minimum atomic E-state index is -0.856. The predicted molar refractivity (Wildman–Crippen MR) is 107 cm³/mol. The van der Waals surface area contributed by atoms with E-state index in [2.05, 4.69) is 20.4 Å². The molecule has 2 heterocycles. The summed E-state index contributed by atoms with van der Waals surface area (Å²) in [6, 6.07) is 9.10. The lowest BCUT2D eigenvalue weighted by atomic mass is 10.3. The number of nitrogens with zero attached hydrogens (tertiary/aromatic N) is 4. The minimum absolute atomic E-state index is 0.368. The smallest absolute Gasteiger partial charge is 0.237 e. The van der Waals surface area contributed by atoms with Crippen LogP contribution in [0.5, 0.6) is 0 Å². The molecule has 4 rings (SSSR count). The average molecular weight is 429 g/mol. The van der Waals surface area contributed by atoms with Crippen molar-refractivity contribution in [1.29, 1.82) is 0 Å². The van der Waals surface area contributed by atoms with Crippen molar-refractivity contribution in [1.82, 2.24) is 19.7 Å². The minimum Gasteiger partial charge on any atom is -0.320 e. The fourth-order valence-electron chi connectivity index (χ4n) is 2.75. The Kier molecular flexibility index (Phi) is 5.40. The van der Waals surface area contributed by atoms with Gasteiger partial charge in [0.25, 0.3) is 0 Å². The summed E-state index contributed by atoms with van der Waals surface area (Å²) in [5.41, 5.74) is 0.598. The van der Waals surface area contributed by atoms with Gasteiger partial charge in [-0.2, -0.15) is 5.10 Å². The van der Waals surface area contributed by atoms with Gasteiger partial charge in [0.2, 0.25) is 5.91 Å². The van der Waals surface area contributed by atoms with Gasteiger partial charge in [-0.15, -0.1) is 0 Å². The molecule has 1 N–H and O–H groups in total. The van der Waals surface area contributed by atoms with Crippen LogP contribution in [0.3, 0.4) is 0 Å². The Bertz CT molecular complexity index is 1210. The molecule has 4 aromatic rings. The Hall–Kier alpha value is -3.40. The maximum Gasteiger partial charge on any atom is 0.237 e. The molecule has 152 valence electrons. The van der Waals surface area contributed by atoms with Gasteiger partial charge in [-0.05, 0) is 43.3 Å². The third kappa shape index (κ3) is 3.86. The molecule has 1 atom stereocenters. The number of fused-ring (bicyclic) bond motifs is 1. The van der Waals surface area contributed by atoms with E-state index in [4.69, 9.17) is 0 Å². The molecule has 30 heavy (non-hydrogen) atoms. The molecular weight excluding hydrogens is 415 g/mol. The molecule has 0 spiro atoms. The molecule has 2 aromatic carbocycles. The third-order valence-corrected chi connectivity index (χ3v) is 5.39. The van der Waals surface area contributed by atoms with Crippen molar-refractivity contribution >= 4 is 34.4 Å². The summed E-state index contributed by atoms with van der Waals surface area (Å²) in [5, 5.41) is 6.90. The number of amides is 1. The number of carbonyl (C=O) groups is 1. The van der Waals surface area contributed by atoms with Crippen molar-refractivity contribution in [3.63, 3.8) is 0 Å². The second-order valence-electron chi connectivity index (χ2n) is 6.29. The molecule has 0 radical (unpaired) electrons. The molecule has 0 aliphatic carbocycles. The molecule has 0 saturated heterocycles. The molecule has 1 unspecified atom stereocenters. The van der Waals surface area contributed by atoms with E-state index in [9.17, 15) is 18.0 Å². The van der Waals surface area contributed by atoms with Gasteiger partial charge in [-0.1, -0.05) is 17.8 Å². The zero-order valence-corrected chi connectivity index (χ0v) is 16.3. The molecule has 1 amide bonds. The lowest BCUT2D eigenvalue weighted by molar-refractivity contribution is -0.115. The average Bonchev–Trinajstić information content (AvgIpc) is 3.16. The number of aromatic nitrogens is 4. The number of hydrogen-bond acceptors (Lipinski definition) is 5. The second kappa shape index (κ2) is 8.15. The molecule has 0 fully saturated rings. The first-order chi connectivity index (χ1) is 14.4. The highest BCUT2D eigenvalue weighted by atomic mass is 32.2. The second-order valence-corrected chi connectivity index (χ2v) is 7.62. The highest BCUT2D eigenvalue weighted by Crippen LogP contribution is 2.30. The van der Waals surface area contributed by atoms with E-state index in [0.29, 0.717) is 21.7 Å². The first kappa shape index (κ1) is 19.9. The molecule has 10 heteroatoms. The summed E-state index contributed by atoms with van der Waals surface area (Å²) >= 11 is 1.10. The summed E-state index contributed by atoms with van der Waals surface area (Å²) in [4.78, 5) is 20.9. The van der Waals surface area contributed by atoms with E-state index in [1.807, 2.05) is 0 Å². The fourth-order valence-corrected chi connectivity index (χ4v) is 3.63. The first-order valence-corrected chi connectivity index (χ1v) is 9.68. The Morgan fingerprint density at radius 2 is 1.77 bits per heavy atom. The van der Waals surface area contributed by atoms with Gasteiger partial charge in [-0.3, -0.25) is 4.79 Å². The summed E-state index contributed by atoms with van der Waals surface area (Å²) < 4.78 is 42.3. The Morgan fingerprint density at radius 3 is 2.47 bits per heavy atom. The number of rotatable bonds is 5. The van der Waals surface area contributed by atoms with E-state index in [1.54, 1.807) is 25.3 Å². The van der Waals surface area contributed by atoms with Crippen LogP contribution < -0.4 is 5.32 Å². The number of anilines is 1. The molecule has 0 aliphatic rings. The van der Waals surface area contributed by atoms with Gasteiger partial charge in [0.1, 0.15) is 34.5 Å². The van der Waals surface area contributed by atoms with E-state index in [1.165, 1.54) is 29.2 Å². The summed E-state index contributed by atoms with van der Waals surface area (Å²) in [6.45, 7) is 1.59. The van der Waals surface area contributed by atoms with Crippen molar-refractivity contribution in [2.45, 2.75) is 17.2 Å². The van der Waals surface area contributed by atoms with Crippen LogP contribution in [-0.4, -0.2) is 30.9 Å². The summed E-state index contributed by atoms with van der Waals surface area (Å²) in [7, 11) is 0. The Labute approximate surface area is 173 Å². The van der Waals surface area contributed by atoms with Crippen LogP contribution in [0.1, 0.15) is 6.92 Å². The van der Waals surface area contributed by atoms with Crippen LogP contribution in [0.25, 0.3) is 16.7 Å². The molecule has 0 bridgehead atoms. The largest absolute Gasteiger partial charge is 0.320 e. The van der Waals surface area contributed by atoms with E-state index < -0.39 is 28.5 Å². The van der Waals surface area contributed by atoms with E-state index in [0.717, 1.165) is 23.9 Å². The maximum absolute atomic E-state index is 13.8. The van der Waals surface area contributed by atoms with Crippen LogP contribution in [0.4, 0.5) is 18.9 Å². The van der Waals surface area contributed by atoms with Crippen LogP contribution in [0.15, 0.2) is 60.0 Å². The van der Waals surface area contributed by atoms with Crippen molar-refractivity contribution in [2.75, 3.05) is 5.32 Å².